The van der Waals surface area contributed by atoms with Gasteiger partial charge in [0.2, 0.25) is 11.8 Å². The lowest BCUT2D eigenvalue weighted by atomic mass is 10.3. The van der Waals surface area contributed by atoms with E-state index in [4.69, 9.17) is 0 Å². The normalized spacial score (nSPS) is 10.9. The fraction of sp³-hybridized carbons (Fsp3) is 0.300. The van der Waals surface area contributed by atoms with Gasteiger partial charge in [0.15, 0.2) is 0 Å². The lowest BCUT2D eigenvalue weighted by Gasteiger charge is -2.20. The first kappa shape index (κ1) is 21.4. The number of hydrogen-bond donors (Lipinski definition) is 1. The average molecular weight is 432 g/mol. The molecule has 2 amide bonds. The highest BCUT2D eigenvalue weighted by Gasteiger charge is 2.19. The lowest BCUT2D eigenvalue weighted by molar-refractivity contribution is -0.131. The maximum atomic E-state index is 13.0. The molecule has 0 aliphatic carbocycles. The lowest BCUT2D eigenvalue weighted by Crippen LogP contribution is -2.44. The minimum atomic E-state index is -0.735. The summed E-state index contributed by atoms with van der Waals surface area (Å²) in [5.41, 5.74) is -0.624. The first-order valence-corrected chi connectivity index (χ1v) is 10.3. The molecular weight excluding hydrogens is 411 g/mol. The van der Waals surface area contributed by atoms with Crippen LogP contribution in [-0.2, 0) is 22.7 Å². The summed E-state index contributed by atoms with van der Waals surface area (Å²) in [6.07, 6.45) is 0. The van der Waals surface area contributed by atoms with Crippen LogP contribution in [0.25, 0.3) is 10.2 Å². The largest absolute Gasteiger partial charge is 0.342 e. The molecule has 0 radical (unpaired) electrons. The maximum absolute atomic E-state index is 13.0. The highest BCUT2D eigenvalue weighted by molar-refractivity contribution is 7.17. The molecule has 0 saturated carbocycles. The molecule has 0 saturated heterocycles. The second kappa shape index (κ2) is 9.04. The third-order valence-electron chi connectivity index (χ3n) is 4.68. The molecule has 0 unspecified atom stereocenters. The Morgan fingerprint density at radius 1 is 1.03 bits per heavy atom. The van der Waals surface area contributed by atoms with Gasteiger partial charge < -0.3 is 10.2 Å². The number of anilines is 1. The summed E-state index contributed by atoms with van der Waals surface area (Å²) >= 11 is 1.14. The fourth-order valence-electron chi connectivity index (χ4n) is 3.11. The summed E-state index contributed by atoms with van der Waals surface area (Å²) in [4.78, 5) is 52.3. The molecule has 2 aromatic heterocycles. The van der Waals surface area contributed by atoms with Gasteiger partial charge in [-0.2, -0.15) is 0 Å². The number of fused-ring (bicyclic) bond motifs is 1. The summed E-state index contributed by atoms with van der Waals surface area (Å²) in [6.45, 7) is 3.92. The van der Waals surface area contributed by atoms with Gasteiger partial charge in [0.25, 0.3) is 5.56 Å². The molecular formula is C20H21FN4O4S. The van der Waals surface area contributed by atoms with E-state index < -0.39 is 29.5 Å². The number of aromatic nitrogens is 2. The number of likely N-dealkylation sites (N-methyl/N-ethyl adjacent to an activating group) is 1. The molecule has 10 heteroatoms. The summed E-state index contributed by atoms with van der Waals surface area (Å²) < 4.78 is 15.3. The number of thiophene rings is 1. The molecule has 0 spiro atoms. The van der Waals surface area contributed by atoms with Crippen LogP contribution in [0.1, 0.15) is 13.8 Å². The minimum absolute atomic E-state index is 0.229. The molecule has 0 aliphatic heterocycles. The summed E-state index contributed by atoms with van der Waals surface area (Å²) in [6, 6.07) is 6.73. The Morgan fingerprint density at radius 3 is 2.33 bits per heavy atom. The molecule has 0 atom stereocenters. The van der Waals surface area contributed by atoms with Crippen molar-refractivity contribution in [1.29, 1.82) is 0 Å². The van der Waals surface area contributed by atoms with E-state index in [1.165, 1.54) is 28.8 Å². The fourth-order valence-corrected chi connectivity index (χ4v) is 3.96. The third kappa shape index (κ3) is 4.33. The van der Waals surface area contributed by atoms with E-state index in [1.54, 1.807) is 16.3 Å². The zero-order chi connectivity index (χ0) is 21.8. The van der Waals surface area contributed by atoms with Gasteiger partial charge in [-0.3, -0.25) is 19.0 Å². The zero-order valence-electron chi connectivity index (χ0n) is 16.6. The van der Waals surface area contributed by atoms with Crippen molar-refractivity contribution >= 4 is 39.1 Å². The number of carbonyl (C=O) groups excluding carboxylic acids is 2. The standard InChI is InChI=1S/C20H21FN4O4S/c1-3-23(4-2)17(27)12-24-15-9-10-30-18(15)19(28)25(20(24)29)11-16(26)22-14-7-5-13(21)6-8-14/h5-10H,3-4,11-12H2,1-2H3,(H,22,26). The molecule has 0 bridgehead atoms. The molecule has 3 rings (SSSR count). The van der Waals surface area contributed by atoms with E-state index in [0.717, 1.165) is 15.9 Å². The van der Waals surface area contributed by atoms with Crippen LogP contribution in [0.5, 0.6) is 0 Å². The monoisotopic (exact) mass is 432 g/mol. The van der Waals surface area contributed by atoms with Crippen molar-refractivity contribution in [3.05, 3.63) is 62.4 Å². The maximum Gasteiger partial charge on any atom is 0.332 e. The van der Waals surface area contributed by atoms with Crippen molar-refractivity contribution in [2.45, 2.75) is 26.9 Å². The van der Waals surface area contributed by atoms with Crippen molar-refractivity contribution in [3.63, 3.8) is 0 Å². The Hall–Kier alpha value is -3.27. The van der Waals surface area contributed by atoms with Crippen LogP contribution in [0.4, 0.5) is 10.1 Å². The van der Waals surface area contributed by atoms with E-state index in [2.05, 4.69) is 5.32 Å². The summed E-state index contributed by atoms with van der Waals surface area (Å²) in [5.74, 6) is -1.32. The van der Waals surface area contributed by atoms with E-state index in [9.17, 15) is 23.6 Å². The topological polar surface area (TPSA) is 93.4 Å². The van der Waals surface area contributed by atoms with Gasteiger partial charge in [-0.05, 0) is 49.6 Å². The second-order valence-electron chi connectivity index (χ2n) is 6.52. The van der Waals surface area contributed by atoms with E-state index in [-0.39, 0.29) is 17.2 Å². The van der Waals surface area contributed by atoms with Gasteiger partial charge in [0, 0.05) is 18.8 Å². The van der Waals surface area contributed by atoms with Gasteiger partial charge in [0.05, 0.1) is 5.52 Å². The Kier molecular flexibility index (Phi) is 6.46. The number of hydrogen-bond acceptors (Lipinski definition) is 5. The van der Waals surface area contributed by atoms with Crippen LogP contribution in [-0.4, -0.2) is 38.9 Å². The number of nitrogens with zero attached hydrogens (tertiary/aromatic N) is 3. The van der Waals surface area contributed by atoms with Crippen LogP contribution in [0.15, 0.2) is 45.3 Å². The number of amides is 2. The minimum Gasteiger partial charge on any atom is -0.342 e. The Morgan fingerprint density at radius 2 is 1.70 bits per heavy atom. The summed E-state index contributed by atoms with van der Waals surface area (Å²) in [5, 5.41) is 4.18. The number of carbonyl (C=O) groups is 2. The molecule has 3 aromatic rings. The zero-order valence-corrected chi connectivity index (χ0v) is 17.4. The van der Waals surface area contributed by atoms with Crippen LogP contribution in [0, 0.1) is 5.82 Å². The van der Waals surface area contributed by atoms with E-state index >= 15 is 0 Å². The molecule has 30 heavy (non-hydrogen) atoms. The van der Waals surface area contributed by atoms with E-state index in [0.29, 0.717) is 24.3 Å². The first-order chi connectivity index (χ1) is 14.3. The van der Waals surface area contributed by atoms with Crippen LogP contribution < -0.4 is 16.6 Å². The molecule has 1 aromatic carbocycles. The quantitative estimate of drug-likeness (QED) is 0.617. The van der Waals surface area contributed by atoms with Crippen LogP contribution in [0.3, 0.4) is 0 Å². The number of nitrogens with one attached hydrogen (secondary N) is 1. The van der Waals surface area contributed by atoms with Crippen molar-refractivity contribution in [2.24, 2.45) is 0 Å². The Bertz CT molecular complexity index is 1190. The number of halogens is 1. The smallest absolute Gasteiger partial charge is 0.332 e. The van der Waals surface area contributed by atoms with Crippen LogP contribution >= 0.6 is 11.3 Å². The molecule has 8 nitrogen and oxygen atoms in total. The van der Waals surface area contributed by atoms with Gasteiger partial charge in [-0.25, -0.2) is 13.8 Å². The Labute approximate surface area is 175 Å². The van der Waals surface area contributed by atoms with E-state index in [1.807, 2.05) is 13.8 Å². The number of benzene rings is 1. The molecule has 0 fully saturated rings. The highest BCUT2D eigenvalue weighted by Crippen LogP contribution is 2.15. The second-order valence-corrected chi connectivity index (χ2v) is 7.43. The third-order valence-corrected chi connectivity index (χ3v) is 5.57. The van der Waals surface area contributed by atoms with Crippen molar-refractivity contribution in [2.75, 3.05) is 18.4 Å². The molecule has 0 aliphatic rings. The van der Waals surface area contributed by atoms with Gasteiger partial charge in [-0.15, -0.1) is 11.3 Å². The first-order valence-electron chi connectivity index (χ1n) is 9.39. The molecule has 1 N–H and O–H groups in total. The SMILES string of the molecule is CCN(CC)C(=O)Cn1c(=O)n(CC(=O)Nc2ccc(F)cc2)c(=O)c2sccc21. The predicted octanol–water partition coefficient (Wildman–Crippen LogP) is 1.87. The summed E-state index contributed by atoms with van der Waals surface area (Å²) in [7, 11) is 0. The molecule has 158 valence electrons. The average Bonchev–Trinajstić information content (AvgIpc) is 3.21. The molecule has 2 heterocycles. The predicted molar refractivity (Wildman–Crippen MR) is 113 cm³/mol. The van der Waals surface area contributed by atoms with Crippen molar-refractivity contribution < 1.29 is 14.0 Å². The van der Waals surface area contributed by atoms with Crippen LogP contribution in [0.2, 0.25) is 0 Å². The highest BCUT2D eigenvalue weighted by atomic mass is 32.1. The van der Waals surface area contributed by atoms with Crippen molar-refractivity contribution in [1.82, 2.24) is 14.0 Å². The van der Waals surface area contributed by atoms with Gasteiger partial charge in [0.1, 0.15) is 23.6 Å². The van der Waals surface area contributed by atoms with Crippen molar-refractivity contribution in [3.8, 4) is 0 Å². The van der Waals surface area contributed by atoms with Gasteiger partial charge in [-0.1, -0.05) is 0 Å². The van der Waals surface area contributed by atoms with Gasteiger partial charge >= 0.3 is 5.69 Å². The number of rotatable bonds is 7. The Balaban J connectivity index is 1.95.